The van der Waals surface area contributed by atoms with Crippen molar-refractivity contribution >= 4 is 44.8 Å². The first-order chi connectivity index (χ1) is 20.4. The molecule has 0 unspecified atom stereocenters. The summed E-state index contributed by atoms with van der Waals surface area (Å²) >= 11 is 1.94. The quantitative estimate of drug-likeness (QED) is 0.196. The molecule has 4 aromatic carbocycles. The van der Waals surface area contributed by atoms with Gasteiger partial charge in [-0.3, -0.25) is 0 Å². The lowest BCUT2D eigenvalue weighted by molar-refractivity contribution is 0.996. The lowest BCUT2D eigenvalue weighted by atomic mass is 9.89. The van der Waals surface area contributed by atoms with Gasteiger partial charge in [0.1, 0.15) is 0 Å². The van der Waals surface area contributed by atoms with Crippen LogP contribution in [-0.4, -0.2) is 4.57 Å². The molecule has 2 aliphatic rings. The van der Waals surface area contributed by atoms with Gasteiger partial charge in [-0.2, -0.15) is 0 Å². The Bertz CT molecular complexity index is 2100. The van der Waals surface area contributed by atoms with Crippen LogP contribution in [0.4, 0.5) is 0 Å². The summed E-state index contributed by atoms with van der Waals surface area (Å²) in [6, 6.07) is 35.3. The Kier molecular flexibility index (Phi) is 5.83. The van der Waals surface area contributed by atoms with Crippen LogP contribution >= 0.6 is 11.3 Å². The monoisotopic (exact) mass is 541 g/mol. The van der Waals surface area contributed by atoms with Crippen molar-refractivity contribution in [2.75, 3.05) is 0 Å². The molecular weight excluding hydrogens is 515 g/mol. The lowest BCUT2D eigenvalue weighted by Gasteiger charge is -2.16. The zero-order chi connectivity index (χ0) is 27.2. The first-order valence-corrected chi connectivity index (χ1v) is 15.0. The second kappa shape index (κ2) is 9.97. The van der Waals surface area contributed by atoms with Crippen LogP contribution in [0.3, 0.4) is 0 Å². The lowest BCUT2D eigenvalue weighted by Crippen LogP contribution is -1.97. The van der Waals surface area contributed by atoms with Crippen LogP contribution in [-0.2, 0) is 6.42 Å². The van der Waals surface area contributed by atoms with E-state index in [1.54, 1.807) is 0 Å². The van der Waals surface area contributed by atoms with E-state index in [0.717, 1.165) is 19.3 Å². The number of hydrogen-bond donors (Lipinski definition) is 0. The smallest absolute Gasteiger partial charge is 0.0547 e. The van der Waals surface area contributed by atoms with Gasteiger partial charge >= 0.3 is 0 Å². The summed E-state index contributed by atoms with van der Waals surface area (Å²) in [4.78, 5) is 2.74. The van der Waals surface area contributed by atoms with Crippen molar-refractivity contribution in [1.82, 2.24) is 4.57 Å². The highest BCUT2D eigenvalue weighted by atomic mass is 32.1. The fraction of sp³-hybridized carbons (Fsp3) is 0.0769. The highest BCUT2D eigenvalue weighted by Crippen LogP contribution is 2.48. The average molecular weight is 542 g/mol. The molecule has 0 saturated carbocycles. The van der Waals surface area contributed by atoms with Gasteiger partial charge in [0.25, 0.3) is 0 Å². The predicted octanol–water partition coefficient (Wildman–Crippen LogP) is 10.5. The van der Waals surface area contributed by atoms with E-state index in [2.05, 4.69) is 138 Å². The highest BCUT2D eigenvalue weighted by Gasteiger charge is 2.25. The second-order valence-corrected chi connectivity index (χ2v) is 11.6. The molecule has 0 saturated heterocycles. The maximum Gasteiger partial charge on any atom is 0.0547 e. The van der Waals surface area contributed by atoms with Gasteiger partial charge in [0, 0.05) is 38.2 Å². The second-order valence-electron chi connectivity index (χ2n) is 10.6. The van der Waals surface area contributed by atoms with Crippen LogP contribution in [0.25, 0.3) is 60.0 Å². The van der Waals surface area contributed by atoms with Crippen LogP contribution in [0.15, 0.2) is 121 Å². The number of benzene rings is 4. The van der Waals surface area contributed by atoms with E-state index >= 15 is 0 Å². The predicted molar refractivity (Wildman–Crippen MR) is 176 cm³/mol. The molecule has 0 spiro atoms. The zero-order valence-electron chi connectivity index (χ0n) is 22.6. The Hall–Kier alpha value is -4.84. The van der Waals surface area contributed by atoms with Crippen molar-refractivity contribution in [2.24, 2.45) is 0 Å². The molecule has 0 bridgehead atoms. The molecule has 0 N–H and O–H groups in total. The minimum atomic E-state index is 0.738. The molecule has 2 heteroatoms. The average Bonchev–Trinajstić information content (AvgIpc) is 3.44. The molecule has 0 atom stereocenters. The summed E-state index contributed by atoms with van der Waals surface area (Å²) < 4.78 is 2.43. The number of fused-ring (bicyclic) bond motifs is 4. The van der Waals surface area contributed by atoms with E-state index in [1.165, 1.54) is 70.6 Å². The van der Waals surface area contributed by atoms with Crippen molar-refractivity contribution in [1.29, 1.82) is 0 Å². The first kappa shape index (κ1) is 24.0. The summed E-state index contributed by atoms with van der Waals surface area (Å²) in [5.41, 5.74) is 11.6. The molecule has 1 nitrogen and oxygen atoms in total. The highest BCUT2D eigenvalue weighted by molar-refractivity contribution is 7.19. The Balaban J connectivity index is 1.48. The van der Waals surface area contributed by atoms with Crippen LogP contribution < -0.4 is 0 Å². The number of hydrogen-bond acceptors (Lipinski definition) is 1. The van der Waals surface area contributed by atoms with Gasteiger partial charge < -0.3 is 4.57 Å². The fourth-order valence-electron chi connectivity index (χ4n) is 6.34. The molecule has 0 aliphatic heterocycles. The molecule has 0 radical (unpaired) electrons. The third kappa shape index (κ3) is 4.01. The van der Waals surface area contributed by atoms with Crippen molar-refractivity contribution in [3.63, 3.8) is 0 Å². The van der Waals surface area contributed by atoms with E-state index < -0.39 is 0 Å². The van der Waals surface area contributed by atoms with Crippen molar-refractivity contribution in [2.45, 2.75) is 19.3 Å². The molecule has 0 fully saturated rings. The molecule has 2 aromatic heterocycles. The third-order valence-corrected chi connectivity index (χ3v) is 9.53. The van der Waals surface area contributed by atoms with E-state index in [1.807, 2.05) is 17.4 Å². The summed E-state index contributed by atoms with van der Waals surface area (Å²) in [6.07, 6.45) is 13.8. The van der Waals surface area contributed by atoms with Crippen LogP contribution in [0.1, 0.15) is 29.5 Å². The maximum atomic E-state index is 3.37. The Morgan fingerprint density at radius 1 is 0.732 bits per heavy atom. The molecule has 8 rings (SSSR count). The van der Waals surface area contributed by atoms with Gasteiger partial charge in [0.15, 0.2) is 0 Å². The van der Waals surface area contributed by atoms with Gasteiger partial charge in [0.2, 0.25) is 0 Å². The number of aromatic nitrogens is 1. The minimum Gasteiger partial charge on any atom is -0.309 e. The maximum absolute atomic E-state index is 3.37. The Morgan fingerprint density at radius 3 is 2.41 bits per heavy atom. The van der Waals surface area contributed by atoms with E-state index in [4.69, 9.17) is 0 Å². The summed E-state index contributed by atoms with van der Waals surface area (Å²) in [6.45, 7) is 0. The number of thiophene rings is 1. The van der Waals surface area contributed by atoms with E-state index in [0.29, 0.717) is 0 Å². The molecule has 194 valence electrons. The minimum absolute atomic E-state index is 0.738. The molecule has 6 aromatic rings. The van der Waals surface area contributed by atoms with E-state index in [-0.39, 0.29) is 0 Å². The van der Waals surface area contributed by atoms with Gasteiger partial charge in [-0.1, -0.05) is 103 Å². The van der Waals surface area contributed by atoms with Crippen LogP contribution in [0.5, 0.6) is 0 Å². The standard InChI is InChI=1S/C39H27NS/c1-2-6-16-27(15-5-1)33-25-34-30-21-13-14-24-36(30)40(29-19-9-4-10-20-29)37(34)26-35(33)39-32-23-12-11-22-31(32)38(41-39)28-17-7-3-8-18-28/h1,3-5,7-11,13-15,17-22,24-26H,12,16,23H2. The number of rotatable bonds is 4. The topological polar surface area (TPSA) is 4.93 Å². The normalized spacial score (nSPS) is 14.0. The number of para-hydroxylation sites is 2. The van der Waals surface area contributed by atoms with Crippen molar-refractivity contribution < 1.29 is 0 Å². The van der Waals surface area contributed by atoms with E-state index in [9.17, 15) is 0 Å². The molecule has 2 aliphatic carbocycles. The molecular formula is C39H27NS. The third-order valence-electron chi connectivity index (χ3n) is 8.20. The number of nitrogens with zero attached hydrogens (tertiary/aromatic N) is 1. The van der Waals surface area contributed by atoms with Gasteiger partial charge in [-0.05, 0) is 77.1 Å². The first-order valence-electron chi connectivity index (χ1n) is 14.2. The fourth-order valence-corrected chi connectivity index (χ4v) is 7.71. The van der Waals surface area contributed by atoms with Gasteiger partial charge in [-0.15, -0.1) is 11.3 Å². The zero-order valence-corrected chi connectivity index (χ0v) is 23.4. The Morgan fingerprint density at radius 2 is 1.54 bits per heavy atom. The van der Waals surface area contributed by atoms with Crippen LogP contribution in [0.2, 0.25) is 0 Å². The van der Waals surface area contributed by atoms with Crippen LogP contribution in [0, 0.1) is 11.8 Å². The summed E-state index contributed by atoms with van der Waals surface area (Å²) in [7, 11) is 0. The van der Waals surface area contributed by atoms with Gasteiger partial charge in [-0.25, -0.2) is 0 Å². The molecule has 0 amide bonds. The van der Waals surface area contributed by atoms with Crippen molar-refractivity contribution in [3.8, 4) is 38.4 Å². The largest absolute Gasteiger partial charge is 0.309 e. The number of allylic oxidation sites excluding steroid dienone is 5. The summed E-state index contributed by atoms with van der Waals surface area (Å²) in [5, 5.41) is 2.55. The Labute approximate surface area is 244 Å². The molecule has 41 heavy (non-hydrogen) atoms. The van der Waals surface area contributed by atoms with Gasteiger partial charge in [0.05, 0.1) is 11.0 Å². The summed E-state index contributed by atoms with van der Waals surface area (Å²) in [5.74, 6) is 6.55. The molecule has 2 heterocycles. The van der Waals surface area contributed by atoms with Crippen molar-refractivity contribution in [3.05, 3.63) is 138 Å². The SMILES string of the molecule is C1#CCC(c2cc3c4ccccc4n(-c4ccccc4)c3cc2-c2sc(-c3ccccc3)c3c2CCC=C3)=CC=C1.